The second-order valence-electron chi connectivity index (χ2n) is 6.55. The monoisotopic (exact) mass is 298 g/mol. The van der Waals surface area contributed by atoms with Crippen molar-refractivity contribution in [2.24, 2.45) is 5.92 Å². The molecular formula is C18H22N2O2. The molecule has 22 heavy (non-hydrogen) atoms. The van der Waals surface area contributed by atoms with Gasteiger partial charge in [-0.05, 0) is 43.7 Å². The maximum atomic E-state index is 10.3. The van der Waals surface area contributed by atoms with E-state index in [2.05, 4.69) is 16.0 Å². The molecule has 2 fully saturated rings. The SMILES string of the molecule is COc1cccc2c(N3CCC(C4(O)CC4)CC3)nccc12. The Morgan fingerprint density at radius 1 is 1.18 bits per heavy atom. The zero-order valence-electron chi connectivity index (χ0n) is 13.0. The van der Waals surface area contributed by atoms with Crippen LogP contribution in [0.25, 0.3) is 10.8 Å². The van der Waals surface area contributed by atoms with Crippen LogP contribution in [0.3, 0.4) is 0 Å². The third kappa shape index (κ3) is 2.22. The number of rotatable bonds is 3. The van der Waals surface area contributed by atoms with Crippen molar-refractivity contribution >= 4 is 16.6 Å². The van der Waals surface area contributed by atoms with Crippen LogP contribution in [0.1, 0.15) is 25.7 Å². The van der Waals surface area contributed by atoms with Crippen molar-refractivity contribution in [3.8, 4) is 5.75 Å². The fraction of sp³-hybridized carbons (Fsp3) is 0.500. The molecule has 2 aliphatic rings. The van der Waals surface area contributed by atoms with E-state index in [4.69, 9.17) is 4.74 Å². The molecule has 116 valence electrons. The minimum atomic E-state index is -0.346. The Morgan fingerprint density at radius 3 is 2.64 bits per heavy atom. The molecule has 1 aliphatic heterocycles. The number of aliphatic hydroxyl groups is 1. The highest BCUT2D eigenvalue weighted by atomic mass is 16.5. The number of methoxy groups -OCH3 is 1. The van der Waals surface area contributed by atoms with Crippen molar-refractivity contribution in [2.75, 3.05) is 25.1 Å². The first-order valence-electron chi connectivity index (χ1n) is 8.10. The zero-order valence-corrected chi connectivity index (χ0v) is 13.0. The van der Waals surface area contributed by atoms with Gasteiger partial charge in [-0.3, -0.25) is 0 Å². The third-order valence-electron chi connectivity index (χ3n) is 5.28. The van der Waals surface area contributed by atoms with Crippen LogP contribution in [0.2, 0.25) is 0 Å². The highest BCUT2D eigenvalue weighted by molar-refractivity contribution is 5.96. The van der Waals surface area contributed by atoms with Gasteiger partial charge in [0.15, 0.2) is 0 Å². The van der Waals surface area contributed by atoms with Crippen molar-refractivity contribution < 1.29 is 9.84 Å². The van der Waals surface area contributed by atoms with E-state index in [-0.39, 0.29) is 5.60 Å². The molecule has 0 spiro atoms. The summed E-state index contributed by atoms with van der Waals surface area (Å²) in [6.07, 6.45) is 5.94. The average Bonchev–Trinajstić information content (AvgIpc) is 3.33. The molecule has 4 heteroatoms. The largest absolute Gasteiger partial charge is 0.496 e. The van der Waals surface area contributed by atoms with Crippen LogP contribution in [0, 0.1) is 5.92 Å². The third-order valence-corrected chi connectivity index (χ3v) is 5.28. The maximum absolute atomic E-state index is 10.3. The topological polar surface area (TPSA) is 45.6 Å². The molecule has 1 aromatic heterocycles. The lowest BCUT2D eigenvalue weighted by Crippen LogP contribution is -2.39. The van der Waals surface area contributed by atoms with E-state index in [1.807, 2.05) is 24.4 Å². The van der Waals surface area contributed by atoms with Gasteiger partial charge in [0.1, 0.15) is 11.6 Å². The van der Waals surface area contributed by atoms with Crippen LogP contribution >= 0.6 is 0 Å². The standard InChI is InChI=1S/C18H22N2O2/c1-22-16-4-2-3-15-14(16)5-10-19-17(15)20-11-6-13(7-12-20)18(21)8-9-18/h2-5,10,13,21H,6-9,11-12H2,1H3. The number of hydrogen-bond acceptors (Lipinski definition) is 4. The summed E-state index contributed by atoms with van der Waals surface area (Å²) in [4.78, 5) is 6.97. The smallest absolute Gasteiger partial charge is 0.136 e. The first kappa shape index (κ1) is 13.8. The van der Waals surface area contributed by atoms with E-state index in [0.717, 1.165) is 61.1 Å². The quantitative estimate of drug-likeness (QED) is 0.946. The first-order chi connectivity index (χ1) is 10.7. The molecule has 0 atom stereocenters. The van der Waals surface area contributed by atoms with Gasteiger partial charge >= 0.3 is 0 Å². The molecule has 0 bridgehead atoms. The van der Waals surface area contributed by atoms with Gasteiger partial charge in [-0.1, -0.05) is 12.1 Å². The molecule has 0 unspecified atom stereocenters. The van der Waals surface area contributed by atoms with Crippen LogP contribution in [-0.2, 0) is 0 Å². The summed E-state index contributed by atoms with van der Waals surface area (Å²) >= 11 is 0. The number of aromatic nitrogens is 1. The molecule has 1 saturated carbocycles. The number of benzene rings is 1. The lowest BCUT2D eigenvalue weighted by Gasteiger charge is -2.35. The number of fused-ring (bicyclic) bond motifs is 1. The number of ether oxygens (including phenoxy) is 1. The fourth-order valence-corrected chi connectivity index (χ4v) is 3.76. The molecule has 4 rings (SSSR count). The van der Waals surface area contributed by atoms with Crippen molar-refractivity contribution in [3.05, 3.63) is 30.5 Å². The Bertz CT molecular complexity index is 689. The Hall–Kier alpha value is -1.81. The van der Waals surface area contributed by atoms with Gasteiger partial charge in [0.25, 0.3) is 0 Å². The summed E-state index contributed by atoms with van der Waals surface area (Å²) in [6, 6.07) is 8.13. The molecule has 2 heterocycles. The summed E-state index contributed by atoms with van der Waals surface area (Å²) in [5.41, 5.74) is -0.346. The molecule has 2 aromatic rings. The number of nitrogens with zero attached hydrogens (tertiary/aromatic N) is 2. The van der Waals surface area contributed by atoms with Crippen molar-refractivity contribution in [1.29, 1.82) is 0 Å². The van der Waals surface area contributed by atoms with Crippen LogP contribution in [-0.4, -0.2) is 35.9 Å². The minimum Gasteiger partial charge on any atom is -0.496 e. The summed E-state index contributed by atoms with van der Waals surface area (Å²) in [6.45, 7) is 1.94. The van der Waals surface area contributed by atoms with E-state index in [1.165, 1.54) is 0 Å². The molecule has 1 N–H and O–H groups in total. The molecule has 1 aliphatic carbocycles. The zero-order chi connectivity index (χ0) is 15.2. The lowest BCUT2D eigenvalue weighted by atomic mass is 9.89. The van der Waals surface area contributed by atoms with Crippen molar-refractivity contribution in [1.82, 2.24) is 4.98 Å². The van der Waals surface area contributed by atoms with Crippen LogP contribution in [0.4, 0.5) is 5.82 Å². The van der Waals surface area contributed by atoms with Gasteiger partial charge in [0.05, 0.1) is 12.7 Å². The van der Waals surface area contributed by atoms with Crippen LogP contribution in [0.15, 0.2) is 30.5 Å². The van der Waals surface area contributed by atoms with E-state index >= 15 is 0 Å². The number of hydrogen-bond donors (Lipinski definition) is 1. The van der Waals surface area contributed by atoms with Gasteiger partial charge in [-0.25, -0.2) is 4.98 Å². The van der Waals surface area contributed by atoms with Gasteiger partial charge in [0, 0.05) is 30.1 Å². The predicted octanol–water partition coefficient (Wildman–Crippen LogP) is 2.98. The Kier molecular flexibility index (Phi) is 3.22. The normalized spacial score (nSPS) is 21.1. The number of pyridine rings is 1. The van der Waals surface area contributed by atoms with E-state index in [0.29, 0.717) is 5.92 Å². The highest BCUT2D eigenvalue weighted by Crippen LogP contribution is 2.46. The predicted molar refractivity (Wildman–Crippen MR) is 87.4 cm³/mol. The first-order valence-corrected chi connectivity index (χ1v) is 8.10. The number of piperidine rings is 1. The Morgan fingerprint density at radius 2 is 1.95 bits per heavy atom. The lowest BCUT2D eigenvalue weighted by molar-refractivity contribution is 0.0681. The van der Waals surface area contributed by atoms with Crippen LogP contribution in [0.5, 0.6) is 5.75 Å². The summed E-state index contributed by atoms with van der Waals surface area (Å²) in [5, 5.41) is 12.6. The van der Waals surface area contributed by atoms with E-state index in [1.54, 1.807) is 7.11 Å². The molecule has 1 aromatic carbocycles. The fourth-order valence-electron chi connectivity index (χ4n) is 3.76. The second-order valence-corrected chi connectivity index (χ2v) is 6.55. The summed E-state index contributed by atoms with van der Waals surface area (Å²) in [5.74, 6) is 2.40. The Balaban J connectivity index is 1.62. The van der Waals surface area contributed by atoms with Gasteiger partial charge in [-0.15, -0.1) is 0 Å². The van der Waals surface area contributed by atoms with Gasteiger partial charge < -0.3 is 14.7 Å². The van der Waals surface area contributed by atoms with E-state index < -0.39 is 0 Å². The van der Waals surface area contributed by atoms with Gasteiger partial charge in [-0.2, -0.15) is 0 Å². The average molecular weight is 298 g/mol. The molecular weight excluding hydrogens is 276 g/mol. The van der Waals surface area contributed by atoms with Crippen molar-refractivity contribution in [2.45, 2.75) is 31.3 Å². The second kappa shape index (κ2) is 5.13. The summed E-state index contributed by atoms with van der Waals surface area (Å²) < 4.78 is 5.46. The Labute approximate surface area is 130 Å². The summed E-state index contributed by atoms with van der Waals surface area (Å²) in [7, 11) is 1.71. The molecule has 4 nitrogen and oxygen atoms in total. The van der Waals surface area contributed by atoms with E-state index in [9.17, 15) is 5.11 Å². The highest BCUT2D eigenvalue weighted by Gasteiger charge is 2.48. The van der Waals surface area contributed by atoms with Crippen molar-refractivity contribution in [3.63, 3.8) is 0 Å². The molecule has 1 saturated heterocycles. The maximum Gasteiger partial charge on any atom is 0.136 e. The van der Waals surface area contributed by atoms with Crippen LogP contribution < -0.4 is 9.64 Å². The van der Waals surface area contributed by atoms with Gasteiger partial charge in [0.2, 0.25) is 0 Å². The molecule has 0 amide bonds. The number of anilines is 1. The minimum absolute atomic E-state index is 0.346. The molecule has 0 radical (unpaired) electrons.